The van der Waals surface area contributed by atoms with Crippen LogP contribution < -0.4 is 15.6 Å². The molecule has 2 aromatic heterocycles. The van der Waals surface area contributed by atoms with Gasteiger partial charge in [0.15, 0.2) is 5.16 Å². The summed E-state index contributed by atoms with van der Waals surface area (Å²) in [6.07, 6.45) is 0. The van der Waals surface area contributed by atoms with Gasteiger partial charge in [0.2, 0.25) is 5.91 Å². The standard InChI is InChI=1S/C23H20ClN3O3S2/c1-13-9-17(18(30-3)10-16(13)24)25-19(28)12-32-23-26-20-15(14-7-5-4-6-8-14)11-31-21(20)22(29)27(23)2/h4-11H,12H2,1-3H3,(H,25,28). The number of nitrogens with one attached hydrogen (secondary N) is 1. The largest absolute Gasteiger partial charge is 0.495 e. The lowest BCUT2D eigenvalue weighted by Gasteiger charge is -2.12. The molecule has 2 heterocycles. The molecule has 9 heteroatoms. The molecule has 6 nitrogen and oxygen atoms in total. The van der Waals surface area contributed by atoms with Crippen LogP contribution in [0.1, 0.15) is 5.56 Å². The molecule has 2 aromatic carbocycles. The Balaban J connectivity index is 1.58. The number of halogens is 1. The van der Waals surface area contributed by atoms with E-state index in [2.05, 4.69) is 5.32 Å². The summed E-state index contributed by atoms with van der Waals surface area (Å²) in [6, 6.07) is 13.3. The molecule has 0 bridgehead atoms. The van der Waals surface area contributed by atoms with Gasteiger partial charge in [0, 0.05) is 29.1 Å². The zero-order valence-corrected chi connectivity index (χ0v) is 20.0. The number of fused-ring (bicyclic) bond motifs is 1. The second-order valence-corrected chi connectivity index (χ2v) is 9.32. The minimum absolute atomic E-state index is 0.0847. The molecule has 0 radical (unpaired) electrons. The summed E-state index contributed by atoms with van der Waals surface area (Å²) >= 11 is 8.72. The van der Waals surface area contributed by atoms with Gasteiger partial charge in [-0.15, -0.1) is 11.3 Å². The number of carbonyl (C=O) groups excluding carboxylic acids is 1. The number of hydrogen-bond acceptors (Lipinski definition) is 6. The average Bonchev–Trinajstić information content (AvgIpc) is 3.22. The van der Waals surface area contributed by atoms with E-state index in [9.17, 15) is 9.59 Å². The third-order valence-electron chi connectivity index (χ3n) is 4.93. The van der Waals surface area contributed by atoms with Crippen LogP contribution in [0, 0.1) is 6.92 Å². The molecule has 164 valence electrons. The lowest BCUT2D eigenvalue weighted by atomic mass is 10.1. The van der Waals surface area contributed by atoms with Gasteiger partial charge < -0.3 is 10.1 Å². The number of hydrogen-bond donors (Lipinski definition) is 1. The number of thiophene rings is 1. The first kappa shape index (κ1) is 22.4. The van der Waals surface area contributed by atoms with Crippen molar-refractivity contribution in [1.82, 2.24) is 9.55 Å². The van der Waals surface area contributed by atoms with Crippen molar-refractivity contribution in [3.63, 3.8) is 0 Å². The zero-order chi connectivity index (χ0) is 22.8. The lowest BCUT2D eigenvalue weighted by Crippen LogP contribution is -2.21. The van der Waals surface area contributed by atoms with Crippen molar-refractivity contribution in [1.29, 1.82) is 0 Å². The normalized spacial score (nSPS) is 11.0. The molecule has 0 aliphatic heterocycles. The number of nitrogens with zero attached hydrogens (tertiary/aromatic N) is 2. The van der Waals surface area contributed by atoms with E-state index in [1.165, 1.54) is 34.8 Å². The number of amides is 1. The second-order valence-electron chi connectivity index (χ2n) is 7.09. The number of thioether (sulfide) groups is 1. The van der Waals surface area contributed by atoms with Gasteiger partial charge >= 0.3 is 0 Å². The van der Waals surface area contributed by atoms with E-state index >= 15 is 0 Å². The molecule has 0 aliphatic carbocycles. The fraction of sp³-hybridized carbons (Fsp3) is 0.174. The van der Waals surface area contributed by atoms with Gasteiger partial charge in [-0.1, -0.05) is 53.7 Å². The quantitative estimate of drug-likeness (QED) is 0.294. The molecule has 0 saturated carbocycles. The molecule has 0 spiro atoms. The van der Waals surface area contributed by atoms with E-state index in [1.807, 2.05) is 42.6 Å². The number of methoxy groups -OCH3 is 1. The Labute approximate surface area is 198 Å². The van der Waals surface area contributed by atoms with Crippen molar-refractivity contribution in [3.05, 3.63) is 68.8 Å². The molecule has 0 aliphatic rings. The lowest BCUT2D eigenvalue weighted by molar-refractivity contribution is -0.113. The van der Waals surface area contributed by atoms with Crippen molar-refractivity contribution in [2.45, 2.75) is 12.1 Å². The highest BCUT2D eigenvalue weighted by atomic mass is 35.5. The Morgan fingerprint density at radius 3 is 2.75 bits per heavy atom. The summed E-state index contributed by atoms with van der Waals surface area (Å²) in [5.74, 6) is 0.330. The maximum atomic E-state index is 12.9. The number of aromatic nitrogens is 2. The SMILES string of the molecule is COc1cc(Cl)c(C)cc1NC(=O)CSc1nc2c(-c3ccccc3)csc2c(=O)n1C. The molecule has 32 heavy (non-hydrogen) atoms. The Hall–Kier alpha value is -2.81. The maximum absolute atomic E-state index is 12.9. The van der Waals surface area contributed by atoms with Crippen LogP contribution in [0.25, 0.3) is 21.3 Å². The Kier molecular flexibility index (Phi) is 6.55. The van der Waals surface area contributed by atoms with E-state index in [-0.39, 0.29) is 17.2 Å². The molecule has 0 unspecified atom stereocenters. The molecule has 0 fully saturated rings. The molecule has 4 rings (SSSR count). The second kappa shape index (κ2) is 9.36. The summed E-state index contributed by atoms with van der Waals surface area (Å²) in [5.41, 5.74) is 3.81. The smallest absolute Gasteiger partial charge is 0.271 e. The molecule has 0 saturated heterocycles. The number of benzene rings is 2. The van der Waals surface area contributed by atoms with Crippen LogP contribution >= 0.6 is 34.7 Å². The van der Waals surface area contributed by atoms with Gasteiger partial charge in [-0.2, -0.15) is 0 Å². The third-order valence-corrected chi connectivity index (χ3v) is 7.32. The minimum Gasteiger partial charge on any atom is -0.495 e. The zero-order valence-electron chi connectivity index (χ0n) is 17.6. The Morgan fingerprint density at radius 1 is 1.28 bits per heavy atom. The molecule has 1 N–H and O–H groups in total. The Morgan fingerprint density at radius 2 is 2.03 bits per heavy atom. The number of aryl methyl sites for hydroxylation is 1. The number of ether oxygens (including phenoxy) is 1. The molecule has 0 atom stereocenters. The van der Waals surface area contributed by atoms with Gasteiger partial charge in [-0.3, -0.25) is 14.2 Å². The van der Waals surface area contributed by atoms with Crippen molar-refractivity contribution in [2.75, 3.05) is 18.2 Å². The third kappa shape index (κ3) is 4.39. The van der Waals surface area contributed by atoms with Crippen LogP contribution in [0.5, 0.6) is 5.75 Å². The first-order chi connectivity index (χ1) is 15.4. The first-order valence-corrected chi connectivity index (χ1v) is 11.9. The molecular formula is C23H20ClN3O3S2. The van der Waals surface area contributed by atoms with Gasteiger partial charge in [0.05, 0.1) is 24.1 Å². The minimum atomic E-state index is -0.238. The highest BCUT2D eigenvalue weighted by Crippen LogP contribution is 2.33. The summed E-state index contributed by atoms with van der Waals surface area (Å²) in [7, 11) is 3.19. The van der Waals surface area contributed by atoms with E-state index < -0.39 is 0 Å². The number of anilines is 1. The van der Waals surface area contributed by atoms with Crippen LogP contribution in [0.15, 0.2) is 57.8 Å². The van der Waals surface area contributed by atoms with Crippen LogP contribution in [0.4, 0.5) is 5.69 Å². The Bertz CT molecular complexity index is 1370. The van der Waals surface area contributed by atoms with Crippen LogP contribution in [0.3, 0.4) is 0 Å². The van der Waals surface area contributed by atoms with Gasteiger partial charge in [0.25, 0.3) is 5.56 Å². The summed E-state index contributed by atoms with van der Waals surface area (Å²) < 4.78 is 7.39. The van der Waals surface area contributed by atoms with Crippen molar-refractivity contribution in [2.24, 2.45) is 7.05 Å². The van der Waals surface area contributed by atoms with Gasteiger partial charge in [0.1, 0.15) is 10.4 Å². The maximum Gasteiger partial charge on any atom is 0.271 e. The molecule has 4 aromatic rings. The highest BCUT2D eigenvalue weighted by Gasteiger charge is 2.17. The van der Waals surface area contributed by atoms with E-state index in [0.29, 0.717) is 31.8 Å². The van der Waals surface area contributed by atoms with Crippen molar-refractivity contribution in [3.8, 4) is 16.9 Å². The van der Waals surface area contributed by atoms with E-state index in [0.717, 1.165) is 16.7 Å². The van der Waals surface area contributed by atoms with E-state index in [1.54, 1.807) is 19.2 Å². The van der Waals surface area contributed by atoms with Crippen LogP contribution in [-0.2, 0) is 11.8 Å². The predicted molar refractivity (Wildman–Crippen MR) is 132 cm³/mol. The summed E-state index contributed by atoms with van der Waals surface area (Å²) in [6.45, 7) is 1.85. The summed E-state index contributed by atoms with van der Waals surface area (Å²) in [4.78, 5) is 30.2. The number of carbonyl (C=O) groups is 1. The number of rotatable bonds is 6. The van der Waals surface area contributed by atoms with Crippen LogP contribution in [0.2, 0.25) is 5.02 Å². The first-order valence-electron chi connectivity index (χ1n) is 9.69. The summed E-state index contributed by atoms with van der Waals surface area (Å²) in [5, 5.41) is 5.84. The molecular weight excluding hydrogens is 466 g/mol. The van der Waals surface area contributed by atoms with Crippen LogP contribution in [-0.4, -0.2) is 28.3 Å². The van der Waals surface area contributed by atoms with Crippen molar-refractivity contribution < 1.29 is 9.53 Å². The van der Waals surface area contributed by atoms with Gasteiger partial charge in [-0.05, 0) is 24.1 Å². The monoisotopic (exact) mass is 485 g/mol. The molecule has 1 amide bonds. The fourth-order valence-electron chi connectivity index (χ4n) is 3.22. The van der Waals surface area contributed by atoms with Gasteiger partial charge in [-0.25, -0.2) is 4.98 Å². The topological polar surface area (TPSA) is 73.2 Å². The average molecular weight is 486 g/mol. The fourth-order valence-corrected chi connectivity index (χ4v) is 5.13. The van der Waals surface area contributed by atoms with E-state index in [4.69, 9.17) is 21.3 Å². The predicted octanol–water partition coefficient (Wildman–Crippen LogP) is 5.36. The highest BCUT2D eigenvalue weighted by molar-refractivity contribution is 7.99. The van der Waals surface area contributed by atoms with Crippen molar-refractivity contribution >= 4 is 56.5 Å².